The molecule has 1 N–H and O–H groups in total. The fraction of sp³-hybridized carbons (Fsp3) is 0.318. The summed E-state index contributed by atoms with van der Waals surface area (Å²) in [6.45, 7) is 6.96. The first-order chi connectivity index (χ1) is 13.0. The van der Waals surface area contributed by atoms with Crippen molar-refractivity contribution in [1.29, 1.82) is 0 Å². The van der Waals surface area contributed by atoms with Gasteiger partial charge in [-0.05, 0) is 57.0 Å². The third kappa shape index (κ3) is 4.08. The molecule has 1 aromatic heterocycles. The maximum atomic E-state index is 12.6. The molecule has 142 valence electrons. The molecule has 0 saturated carbocycles. The minimum atomic E-state index is -0.215. The highest BCUT2D eigenvalue weighted by Crippen LogP contribution is 2.29. The van der Waals surface area contributed by atoms with E-state index in [1.807, 2.05) is 51.1 Å². The number of nitrogens with one attached hydrogen (secondary N) is 1. The summed E-state index contributed by atoms with van der Waals surface area (Å²) in [6, 6.07) is 11.6. The van der Waals surface area contributed by atoms with Crippen LogP contribution in [0, 0.1) is 13.8 Å². The molecular formula is C22H25NO4. The number of rotatable bonds is 7. The average molecular weight is 367 g/mol. The van der Waals surface area contributed by atoms with E-state index in [0.29, 0.717) is 30.9 Å². The maximum Gasteiger partial charge on any atom is 0.287 e. The second-order valence-corrected chi connectivity index (χ2v) is 6.47. The smallest absolute Gasteiger partial charge is 0.287 e. The predicted octanol–water partition coefficient (Wildman–Crippen LogP) is 4.43. The summed E-state index contributed by atoms with van der Waals surface area (Å²) in [6.07, 6.45) is 0.685. The fourth-order valence-electron chi connectivity index (χ4n) is 3.17. The van der Waals surface area contributed by atoms with Crippen LogP contribution in [0.2, 0.25) is 0 Å². The van der Waals surface area contributed by atoms with Crippen LogP contribution in [0.1, 0.15) is 34.2 Å². The van der Waals surface area contributed by atoms with Crippen molar-refractivity contribution in [2.75, 3.05) is 20.3 Å². The molecule has 0 aliphatic rings. The number of carbonyl (C=O) groups excluding carboxylic acids is 1. The topological polar surface area (TPSA) is 60.7 Å². The zero-order valence-electron chi connectivity index (χ0n) is 16.2. The lowest BCUT2D eigenvalue weighted by atomic mass is 10.1. The lowest BCUT2D eigenvalue weighted by Crippen LogP contribution is -2.26. The molecule has 0 atom stereocenters. The number of carbonyl (C=O) groups is 1. The molecule has 0 radical (unpaired) electrons. The Morgan fingerprint density at radius 1 is 1.15 bits per heavy atom. The van der Waals surface area contributed by atoms with Gasteiger partial charge in [-0.25, -0.2) is 0 Å². The van der Waals surface area contributed by atoms with Gasteiger partial charge in [-0.3, -0.25) is 4.79 Å². The molecule has 27 heavy (non-hydrogen) atoms. The van der Waals surface area contributed by atoms with Gasteiger partial charge in [-0.1, -0.05) is 17.7 Å². The van der Waals surface area contributed by atoms with Crippen molar-refractivity contribution in [3.8, 4) is 11.5 Å². The van der Waals surface area contributed by atoms with Gasteiger partial charge in [0.2, 0.25) is 0 Å². The highest BCUT2D eigenvalue weighted by molar-refractivity contribution is 5.99. The van der Waals surface area contributed by atoms with Gasteiger partial charge < -0.3 is 19.2 Å². The third-order valence-electron chi connectivity index (χ3n) is 4.54. The number of ether oxygens (including phenoxy) is 2. The molecule has 0 aliphatic heterocycles. The first kappa shape index (κ1) is 18.8. The Kier molecular flexibility index (Phi) is 5.69. The zero-order valence-corrected chi connectivity index (χ0v) is 16.2. The number of furan rings is 1. The largest absolute Gasteiger partial charge is 0.496 e. The van der Waals surface area contributed by atoms with Crippen LogP contribution in [-0.4, -0.2) is 26.2 Å². The van der Waals surface area contributed by atoms with Gasteiger partial charge in [0.25, 0.3) is 5.91 Å². The lowest BCUT2D eigenvalue weighted by molar-refractivity contribution is 0.0927. The Hall–Kier alpha value is -2.95. The molecule has 0 unspecified atom stereocenters. The normalized spacial score (nSPS) is 10.8. The lowest BCUT2D eigenvalue weighted by Gasteiger charge is -2.10. The highest BCUT2D eigenvalue weighted by atomic mass is 16.5. The molecule has 3 aromatic rings. The van der Waals surface area contributed by atoms with E-state index in [1.165, 1.54) is 0 Å². The quantitative estimate of drug-likeness (QED) is 0.671. The summed E-state index contributed by atoms with van der Waals surface area (Å²) in [4.78, 5) is 12.6. The Labute approximate surface area is 159 Å². The van der Waals surface area contributed by atoms with Crippen LogP contribution in [0.3, 0.4) is 0 Å². The molecule has 1 amide bonds. The standard InChI is InChI=1S/C22H25NO4/c1-5-26-17-7-9-20-18(13-17)15(3)21(27-20)22(24)23-11-10-16-12-14(2)6-8-19(16)25-4/h6-9,12-13H,5,10-11H2,1-4H3,(H,23,24). The van der Waals surface area contributed by atoms with Crippen LogP contribution in [0.4, 0.5) is 0 Å². The van der Waals surface area contributed by atoms with Gasteiger partial charge in [0.1, 0.15) is 17.1 Å². The summed E-state index contributed by atoms with van der Waals surface area (Å²) in [5, 5.41) is 3.84. The molecule has 5 nitrogen and oxygen atoms in total. The Bertz CT molecular complexity index is 958. The van der Waals surface area contributed by atoms with Gasteiger partial charge in [0.05, 0.1) is 13.7 Å². The van der Waals surface area contributed by atoms with E-state index in [9.17, 15) is 4.79 Å². The zero-order chi connectivity index (χ0) is 19.4. The van der Waals surface area contributed by atoms with Gasteiger partial charge in [-0.2, -0.15) is 0 Å². The molecule has 5 heteroatoms. The fourth-order valence-corrected chi connectivity index (χ4v) is 3.17. The molecule has 0 spiro atoms. The van der Waals surface area contributed by atoms with Gasteiger partial charge in [-0.15, -0.1) is 0 Å². The van der Waals surface area contributed by atoms with Crippen molar-refractivity contribution in [3.63, 3.8) is 0 Å². The van der Waals surface area contributed by atoms with Gasteiger partial charge >= 0.3 is 0 Å². The Morgan fingerprint density at radius 2 is 1.96 bits per heavy atom. The second-order valence-electron chi connectivity index (χ2n) is 6.47. The SMILES string of the molecule is CCOc1ccc2oc(C(=O)NCCc3cc(C)ccc3OC)c(C)c2c1. The molecule has 2 aromatic carbocycles. The van der Waals surface area contributed by atoms with E-state index in [0.717, 1.165) is 33.6 Å². The first-order valence-electron chi connectivity index (χ1n) is 9.11. The summed E-state index contributed by atoms with van der Waals surface area (Å²) in [5.41, 5.74) is 3.73. The monoisotopic (exact) mass is 367 g/mol. The Morgan fingerprint density at radius 3 is 2.70 bits per heavy atom. The van der Waals surface area contributed by atoms with Crippen molar-refractivity contribution in [1.82, 2.24) is 5.32 Å². The van der Waals surface area contributed by atoms with Crippen molar-refractivity contribution < 1.29 is 18.7 Å². The van der Waals surface area contributed by atoms with Crippen LogP contribution in [-0.2, 0) is 6.42 Å². The molecule has 0 bridgehead atoms. The van der Waals surface area contributed by atoms with Crippen LogP contribution >= 0.6 is 0 Å². The summed E-state index contributed by atoms with van der Waals surface area (Å²) < 4.78 is 16.7. The molecule has 3 rings (SSSR count). The highest BCUT2D eigenvalue weighted by Gasteiger charge is 2.18. The first-order valence-corrected chi connectivity index (χ1v) is 9.11. The average Bonchev–Trinajstić information content (AvgIpc) is 2.99. The summed E-state index contributed by atoms with van der Waals surface area (Å²) in [7, 11) is 1.65. The van der Waals surface area contributed by atoms with E-state index in [2.05, 4.69) is 11.4 Å². The van der Waals surface area contributed by atoms with Crippen LogP contribution < -0.4 is 14.8 Å². The third-order valence-corrected chi connectivity index (χ3v) is 4.54. The minimum absolute atomic E-state index is 0.215. The maximum absolute atomic E-state index is 12.6. The van der Waals surface area contributed by atoms with E-state index in [4.69, 9.17) is 13.9 Å². The molecular weight excluding hydrogens is 342 g/mol. The number of benzene rings is 2. The Balaban J connectivity index is 1.71. The van der Waals surface area contributed by atoms with E-state index in [-0.39, 0.29) is 5.91 Å². The number of aryl methyl sites for hydroxylation is 2. The van der Waals surface area contributed by atoms with Crippen molar-refractivity contribution in [2.45, 2.75) is 27.2 Å². The van der Waals surface area contributed by atoms with Crippen LogP contribution in [0.5, 0.6) is 11.5 Å². The second kappa shape index (κ2) is 8.16. The van der Waals surface area contributed by atoms with Crippen molar-refractivity contribution in [3.05, 3.63) is 58.8 Å². The van der Waals surface area contributed by atoms with E-state index in [1.54, 1.807) is 7.11 Å². The number of hydrogen-bond acceptors (Lipinski definition) is 4. The number of amides is 1. The minimum Gasteiger partial charge on any atom is -0.496 e. The molecule has 0 aliphatic carbocycles. The number of methoxy groups -OCH3 is 1. The molecule has 0 fully saturated rings. The van der Waals surface area contributed by atoms with Gasteiger partial charge in [0, 0.05) is 17.5 Å². The number of hydrogen-bond donors (Lipinski definition) is 1. The predicted molar refractivity (Wildman–Crippen MR) is 106 cm³/mol. The summed E-state index contributed by atoms with van der Waals surface area (Å²) >= 11 is 0. The van der Waals surface area contributed by atoms with E-state index >= 15 is 0 Å². The van der Waals surface area contributed by atoms with Gasteiger partial charge in [0.15, 0.2) is 5.76 Å². The van der Waals surface area contributed by atoms with Crippen molar-refractivity contribution >= 4 is 16.9 Å². The van der Waals surface area contributed by atoms with Crippen molar-refractivity contribution in [2.24, 2.45) is 0 Å². The van der Waals surface area contributed by atoms with Crippen LogP contribution in [0.15, 0.2) is 40.8 Å². The van der Waals surface area contributed by atoms with Crippen LogP contribution in [0.25, 0.3) is 11.0 Å². The number of fused-ring (bicyclic) bond motifs is 1. The van der Waals surface area contributed by atoms with E-state index < -0.39 is 0 Å². The molecule has 1 heterocycles. The molecule has 0 saturated heterocycles. The summed E-state index contributed by atoms with van der Waals surface area (Å²) in [5.74, 6) is 1.73.